The molecule has 0 fully saturated rings. The first-order chi connectivity index (χ1) is 48.4. The predicted molar refractivity (Wildman–Crippen MR) is 389 cm³/mol. The minimum atomic E-state index is -1.01. The number of ether oxygens (including phenoxy) is 2. The Morgan fingerprint density at radius 1 is 0.330 bits per heavy atom. The number of carboxylic acid groups (broad SMARTS) is 1. The minimum Gasteiger partial charge on any atom is -0.477 e. The van der Waals surface area contributed by atoms with Gasteiger partial charge in [0.15, 0.2) is 0 Å². The van der Waals surface area contributed by atoms with Crippen LogP contribution in [0.3, 0.4) is 0 Å². The van der Waals surface area contributed by atoms with Gasteiger partial charge in [-0.05, 0) is 94.0 Å². The molecule has 21 nitrogen and oxygen atoms in total. The number of carbonyl (C=O) groups excluding carboxylic acids is 4. The van der Waals surface area contributed by atoms with Crippen LogP contribution in [0.2, 0.25) is 0 Å². The van der Waals surface area contributed by atoms with Crippen LogP contribution >= 0.6 is 15.9 Å². The summed E-state index contributed by atoms with van der Waals surface area (Å²) in [5.74, 6) is -2.90. The molecule has 0 unspecified atom stereocenters. The highest BCUT2D eigenvalue weighted by atomic mass is 79.9. The van der Waals surface area contributed by atoms with Crippen molar-refractivity contribution in [1.29, 1.82) is 0 Å². The first-order valence-corrected chi connectivity index (χ1v) is 32.1. The van der Waals surface area contributed by atoms with Crippen molar-refractivity contribution in [3.05, 3.63) is 340 Å². The number of hydrogen-bond acceptors (Lipinski definition) is 18. The molecule has 0 aliphatic carbocycles. The maximum atomic E-state index is 12.5. The number of esters is 2. The van der Waals surface area contributed by atoms with E-state index in [4.69, 9.17) is 5.11 Å². The Morgan fingerprint density at radius 2 is 0.560 bits per heavy atom. The molecule has 512 valence electrons. The topological polar surface area (TPSA) is 248 Å². The van der Waals surface area contributed by atoms with Gasteiger partial charge in [-0.25, -0.2) is 39.5 Å². The molecule has 0 atom stereocenters. The summed E-state index contributed by atoms with van der Waals surface area (Å²) in [6, 6.07) is 76.4. The van der Waals surface area contributed by atoms with Gasteiger partial charge in [0.2, 0.25) is 0 Å². The summed E-state index contributed by atoms with van der Waals surface area (Å²) in [5.41, 5.74) is 11.0. The fraction of sp³-hybridized carbons (Fsp3) is 0.154. The number of pyridine rings is 5. The lowest BCUT2D eigenvalue weighted by Crippen LogP contribution is -2.28. The van der Waals surface area contributed by atoms with Crippen LogP contribution in [0.1, 0.15) is 85.8 Å². The molecule has 0 spiro atoms. The van der Waals surface area contributed by atoms with Crippen molar-refractivity contribution in [3.8, 4) is 0 Å². The second-order valence-corrected chi connectivity index (χ2v) is 23.2. The highest BCUT2D eigenvalue weighted by Crippen LogP contribution is 2.22. The third-order valence-electron chi connectivity index (χ3n) is 14.8. The van der Waals surface area contributed by atoms with Crippen LogP contribution in [-0.4, -0.2) is 123 Å². The molecule has 22 heteroatoms. The van der Waals surface area contributed by atoms with Crippen LogP contribution in [0.4, 0.5) is 22.7 Å². The summed E-state index contributed by atoms with van der Waals surface area (Å²) in [6.07, 6.45) is 7.83. The molecule has 0 aliphatic heterocycles. The summed E-state index contributed by atoms with van der Waals surface area (Å²) in [5, 5.41) is 30.5. The number of anilines is 4. The van der Waals surface area contributed by atoms with Crippen LogP contribution in [0.15, 0.2) is 278 Å². The molecular formula is C78H78BrN11O10. The quantitative estimate of drug-likeness (QED) is 0.0344. The Hall–Kier alpha value is -12.0. The average Bonchev–Trinajstić information content (AvgIpc) is 0.878. The van der Waals surface area contributed by atoms with Gasteiger partial charge in [0.05, 0.1) is 27.3 Å². The number of carbonyl (C=O) groups is 5. The van der Waals surface area contributed by atoms with Gasteiger partial charge >= 0.3 is 17.9 Å². The fourth-order valence-corrected chi connectivity index (χ4v) is 9.87. The number of halogens is 1. The molecule has 0 bridgehead atoms. The molecule has 5 heterocycles. The van der Waals surface area contributed by atoms with E-state index in [1.54, 1.807) is 61.1 Å². The summed E-state index contributed by atoms with van der Waals surface area (Å²) < 4.78 is 9.95. The molecule has 6 aromatic carbocycles. The Labute approximate surface area is 590 Å². The van der Waals surface area contributed by atoms with Crippen LogP contribution in [0.5, 0.6) is 0 Å². The number of hydroxylamine groups is 4. The van der Waals surface area contributed by atoms with Gasteiger partial charge < -0.3 is 34.2 Å². The predicted octanol–water partition coefficient (Wildman–Crippen LogP) is 14.1. The Bertz CT molecular complexity index is 4180. The Balaban J connectivity index is 0.000000180. The molecular weight excluding hydrogens is 1330 g/mol. The van der Waals surface area contributed by atoms with E-state index in [9.17, 15) is 34.4 Å². The van der Waals surface area contributed by atoms with E-state index >= 15 is 0 Å². The van der Waals surface area contributed by atoms with Crippen LogP contribution in [0, 0.1) is 0 Å². The van der Waals surface area contributed by atoms with Gasteiger partial charge in [0.1, 0.15) is 28.5 Å². The molecule has 100 heavy (non-hydrogen) atoms. The molecule has 5 aromatic heterocycles. The maximum Gasteiger partial charge on any atom is 0.356 e. The lowest BCUT2D eigenvalue weighted by molar-refractivity contribution is -0.0652. The number of rotatable bonds is 21. The molecule has 0 radical (unpaired) electrons. The van der Waals surface area contributed by atoms with Crippen molar-refractivity contribution >= 4 is 68.4 Å². The van der Waals surface area contributed by atoms with E-state index in [0.29, 0.717) is 34.6 Å². The molecule has 0 saturated heterocycles. The third-order valence-corrected chi connectivity index (χ3v) is 15.3. The van der Waals surface area contributed by atoms with E-state index in [0.717, 1.165) is 51.4 Å². The van der Waals surface area contributed by atoms with E-state index in [1.165, 1.54) is 48.9 Å². The number of methoxy groups -OCH3 is 2. The lowest BCUT2D eigenvalue weighted by Gasteiger charge is -2.20. The average molecular weight is 1410 g/mol. The fourth-order valence-electron chi connectivity index (χ4n) is 9.53. The summed E-state index contributed by atoms with van der Waals surface area (Å²) in [6.45, 7) is 3.16. The molecule has 11 aromatic rings. The lowest BCUT2D eigenvalue weighted by atomic mass is 10.2. The second-order valence-electron chi connectivity index (χ2n) is 22.3. The monoisotopic (exact) mass is 1410 g/mol. The largest absolute Gasteiger partial charge is 0.477 e. The van der Waals surface area contributed by atoms with Crippen molar-refractivity contribution in [1.82, 2.24) is 35.0 Å². The van der Waals surface area contributed by atoms with Gasteiger partial charge in [-0.15, -0.1) is 0 Å². The van der Waals surface area contributed by atoms with Gasteiger partial charge in [0, 0.05) is 113 Å². The van der Waals surface area contributed by atoms with E-state index in [1.807, 2.05) is 207 Å². The number of benzene rings is 6. The molecule has 2 amide bonds. The first kappa shape index (κ1) is 75.4. The third kappa shape index (κ3) is 24.9. The number of aromatic carboxylic acids is 1. The zero-order valence-corrected chi connectivity index (χ0v) is 57.8. The number of amides is 2. The van der Waals surface area contributed by atoms with Crippen molar-refractivity contribution in [3.63, 3.8) is 0 Å². The Morgan fingerprint density at radius 3 is 0.830 bits per heavy atom. The Kier molecular flexibility index (Phi) is 30.1. The minimum absolute atomic E-state index is 0.0624. The van der Waals surface area contributed by atoms with Gasteiger partial charge in [-0.3, -0.25) is 30.0 Å². The van der Waals surface area contributed by atoms with Crippen molar-refractivity contribution < 1.29 is 49.0 Å². The number of aromatic nitrogens is 5. The molecule has 11 rings (SSSR count). The number of nitrogens with zero attached hydrogens (tertiary/aromatic N) is 11. The molecule has 0 aliphatic rings. The van der Waals surface area contributed by atoms with Crippen LogP contribution in [0.25, 0.3) is 0 Å². The van der Waals surface area contributed by atoms with Crippen LogP contribution < -0.4 is 19.6 Å². The van der Waals surface area contributed by atoms with Crippen molar-refractivity contribution in [2.45, 2.75) is 39.3 Å². The van der Waals surface area contributed by atoms with E-state index in [-0.39, 0.29) is 30.2 Å². The van der Waals surface area contributed by atoms with Gasteiger partial charge in [-0.1, -0.05) is 198 Å². The summed E-state index contributed by atoms with van der Waals surface area (Å²) in [4.78, 5) is 86.1. The highest BCUT2D eigenvalue weighted by Gasteiger charge is 2.19. The normalized spacial score (nSPS) is 10.1. The highest BCUT2D eigenvalue weighted by molar-refractivity contribution is 9.10. The van der Waals surface area contributed by atoms with Crippen molar-refractivity contribution in [2.24, 2.45) is 0 Å². The van der Waals surface area contributed by atoms with Gasteiger partial charge in [0.25, 0.3) is 11.8 Å². The second kappa shape index (κ2) is 39.9. The van der Waals surface area contributed by atoms with E-state index in [2.05, 4.69) is 91.6 Å². The first-order valence-electron chi connectivity index (χ1n) is 31.3. The zero-order chi connectivity index (χ0) is 71.6. The smallest absolute Gasteiger partial charge is 0.356 e. The summed E-state index contributed by atoms with van der Waals surface area (Å²) >= 11 is 3.21. The van der Waals surface area contributed by atoms with Gasteiger partial charge in [-0.2, -0.15) is 0 Å². The van der Waals surface area contributed by atoms with Crippen molar-refractivity contribution in [2.75, 3.05) is 62.0 Å². The number of carboxylic acids is 1. The molecule has 0 saturated carbocycles. The molecule has 3 N–H and O–H groups in total. The number of hydrogen-bond donors (Lipinski definition) is 3. The zero-order valence-electron chi connectivity index (χ0n) is 56.2. The maximum absolute atomic E-state index is 12.5. The standard InChI is InChI=1S/2C21H21N3O2.C15H16N2O2.C14H14N2O2.C7H6BrNO2/c2*1-23(15-17-8-4-2-5-9-17)19-12-13-22-20(14-19)21(25)24(26)16-18-10-6-3-7-11-18;1-17(11-12-6-4-3-5-7-12)13-8-9-16-14(10-13)15(18)19-2;1-16(10-11-5-3-2-4-6-11)12-7-8-15-13(9-12)14(17)18;1-11-7(10)6-4-5(8)2-3-9-6/h2*2-14,26H,15-16H2,1H3;3-10H,11H2,1-2H3;2-9H,10H2,1H3,(H,17,18);2-4H,1H3. The van der Waals surface area contributed by atoms with Crippen LogP contribution in [-0.2, 0) is 48.7 Å². The summed E-state index contributed by atoms with van der Waals surface area (Å²) in [7, 11) is 10.5. The SMILES string of the molecule is CN(Cc1ccccc1)c1ccnc(C(=O)N(O)Cc2ccccc2)c1.CN(Cc1ccccc1)c1ccnc(C(=O)N(O)Cc2ccccc2)c1.CN(Cc1ccccc1)c1ccnc(C(=O)O)c1.COC(=O)c1cc(Br)ccn1.COC(=O)c1cc(N(C)Cc2ccccc2)ccn1. The van der Waals surface area contributed by atoms with E-state index < -0.39 is 29.7 Å².